The van der Waals surface area contributed by atoms with E-state index in [1.165, 1.54) is 0 Å². The second-order valence-corrected chi connectivity index (χ2v) is 22.2. The predicted octanol–water partition coefficient (Wildman–Crippen LogP) is 17.7. The zero-order valence-electron chi connectivity index (χ0n) is 49.4. The number of benzene rings is 8. The molecule has 12 nitrogen and oxygen atoms in total. The van der Waals surface area contributed by atoms with Crippen LogP contribution in [0.2, 0.25) is 5.15 Å². The van der Waals surface area contributed by atoms with Crippen LogP contribution in [-0.2, 0) is 0 Å². The van der Waals surface area contributed by atoms with E-state index < -0.39 is 0 Å². The first-order valence-electron chi connectivity index (χ1n) is 29.1. The molecule has 0 spiro atoms. The number of pyridine rings is 4. The van der Waals surface area contributed by atoms with Gasteiger partial charge in [0, 0.05) is 71.9 Å². The Kier molecular flexibility index (Phi) is 17.1. The highest BCUT2D eigenvalue weighted by molar-refractivity contribution is 6.30. The Morgan fingerprint density at radius 2 is 0.705 bits per heavy atom. The lowest BCUT2D eigenvalue weighted by atomic mass is 10.0. The number of aryl methyl sites for hydroxylation is 2. The molecule has 8 aromatic carbocycles. The number of hydrogen-bond acceptors (Lipinski definition) is 12. The molecule has 6 heterocycles. The van der Waals surface area contributed by atoms with E-state index >= 15 is 0 Å². The third kappa shape index (κ3) is 12.9. The van der Waals surface area contributed by atoms with E-state index in [1.54, 1.807) is 12.1 Å². The first kappa shape index (κ1) is 57.9. The van der Waals surface area contributed by atoms with Gasteiger partial charge in [-0.15, -0.1) is 0 Å². The Bertz CT molecular complexity index is 4700. The molecule has 1 radical (unpaired) electrons. The number of fused-ring (bicyclic) bond motifs is 6. The summed E-state index contributed by atoms with van der Waals surface area (Å²) in [5, 5.41) is 13.8. The zero-order chi connectivity index (χ0) is 60.7. The molecule has 0 unspecified atom stereocenters. The number of rotatable bonds is 11. The molecular weight excluding hydrogens is 1110 g/mol. The molecular formula is C74H59BClN10O2. The third-order valence-electron chi connectivity index (χ3n) is 15.0. The quantitative estimate of drug-likeness (QED) is 0.0743. The molecule has 0 aliphatic carbocycles. The maximum atomic E-state index is 8.88. The van der Waals surface area contributed by atoms with Crippen molar-refractivity contribution in [3.63, 3.8) is 0 Å². The average molecular weight is 1170 g/mol. The summed E-state index contributed by atoms with van der Waals surface area (Å²) in [7, 11) is 0.650. The predicted molar refractivity (Wildman–Crippen MR) is 357 cm³/mol. The summed E-state index contributed by atoms with van der Waals surface area (Å²) in [6, 6.07) is 76.1. The fraction of sp³-hybridized carbons (Fsp3) is 0.108. The molecule has 0 aliphatic heterocycles. The summed E-state index contributed by atoms with van der Waals surface area (Å²) >= 11 is 6.09. The number of aromatic nitrogens is 10. The summed E-state index contributed by atoms with van der Waals surface area (Å²) in [4.78, 5) is 48.1. The van der Waals surface area contributed by atoms with Crippen molar-refractivity contribution in [1.82, 2.24) is 49.8 Å². The van der Waals surface area contributed by atoms with Crippen LogP contribution in [-0.4, -0.2) is 62.5 Å². The highest BCUT2D eigenvalue weighted by atomic mass is 35.5. The van der Waals surface area contributed by atoms with Gasteiger partial charge in [0.15, 0.2) is 34.9 Å². The van der Waals surface area contributed by atoms with Crippen molar-refractivity contribution < 1.29 is 9.68 Å². The molecule has 88 heavy (non-hydrogen) atoms. The first-order chi connectivity index (χ1) is 42.9. The highest BCUT2D eigenvalue weighted by Crippen LogP contribution is 2.34. The van der Waals surface area contributed by atoms with Gasteiger partial charge in [-0.2, -0.15) is 0 Å². The van der Waals surface area contributed by atoms with Crippen molar-refractivity contribution in [3.8, 4) is 85.3 Å². The van der Waals surface area contributed by atoms with Gasteiger partial charge in [-0.05, 0) is 79.3 Å². The fourth-order valence-electron chi connectivity index (χ4n) is 10.3. The number of halogens is 1. The highest BCUT2D eigenvalue weighted by Gasteiger charge is 2.17. The maximum Gasteiger partial charge on any atom is 0.569 e. The Hall–Kier alpha value is -10.5. The molecule has 1 N–H and O–H groups in total. The van der Waals surface area contributed by atoms with Gasteiger partial charge in [0.25, 0.3) is 0 Å². The van der Waals surface area contributed by atoms with Gasteiger partial charge < -0.3 is 9.68 Å². The summed E-state index contributed by atoms with van der Waals surface area (Å²) in [5.41, 5.74) is 15.4. The molecule has 0 fully saturated rings. The van der Waals surface area contributed by atoms with Gasteiger partial charge >= 0.3 is 7.69 Å². The molecule has 0 saturated carbocycles. The van der Waals surface area contributed by atoms with Crippen LogP contribution in [0.25, 0.3) is 123 Å². The summed E-state index contributed by atoms with van der Waals surface area (Å²) in [6.45, 7) is 12.8. The van der Waals surface area contributed by atoms with Crippen LogP contribution in [0.4, 0.5) is 0 Å². The molecule has 427 valence electrons. The fourth-order valence-corrected chi connectivity index (χ4v) is 10.6. The van der Waals surface area contributed by atoms with Gasteiger partial charge in [0.2, 0.25) is 0 Å². The maximum absolute atomic E-state index is 8.88. The van der Waals surface area contributed by atoms with Crippen LogP contribution in [0, 0.1) is 13.8 Å². The normalized spacial score (nSPS) is 11.2. The van der Waals surface area contributed by atoms with Crippen molar-refractivity contribution >= 4 is 62.9 Å². The minimum absolute atomic E-state index is 0.340. The first-order valence-corrected chi connectivity index (χ1v) is 29.5. The molecule has 6 aromatic heterocycles. The second kappa shape index (κ2) is 26.0. The smallest absolute Gasteiger partial charge is 0.537 e. The van der Waals surface area contributed by atoms with Crippen molar-refractivity contribution in [2.75, 3.05) is 0 Å². The molecule has 0 atom stereocenters. The standard InChI is InChI=1S/C37H29N5.C21H15BN3O2.C16H15ClN2/c1-23(2)31-20-18-25-17-19-30-24(3)21-32(39-34(30)33(25)38-31)28-15-10-16-29(22-28)37-41-35(26-11-6-4-7-12-26)40-36(42-37)27-13-8-5-9-14-27;26-22-27-18-13-7-12-17(14-18)21-24-19(15-8-3-1-4-9-15)23-20(25-21)16-10-5-2-6-11-16;1-9(2)13-7-5-11-4-6-12-10(3)8-14(17)19-16(12)15(11)18-13/h4-23H,1-3H3;1-14,26H;4-9H,1-3H3. The SMILES string of the molecule is Cc1cc(-c2cccc(-c3nc(-c4ccccc4)nc(-c4ccccc4)n3)c2)nc2c1ccc1ccc(C(C)C)nc12.Cc1cc(Cl)nc2c1ccc1ccc(C(C)C)nc12.O[B]Oc1cccc(-c2nc(-c3ccccc3)nc(-c3ccccc3)n2)c1. The van der Waals surface area contributed by atoms with E-state index in [1.807, 2.05) is 159 Å². The summed E-state index contributed by atoms with van der Waals surface area (Å²) < 4.78 is 5.06. The zero-order valence-corrected chi connectivity index (χ0v) is 50.1. The van der Waals surface area contributed by atoms with Crippen molar-refractivity contribution in [2.24, 2.45) is 0 Å². The number of nitrogens with zero attached hydrogens (tertiary/aromatic N) is 10. The van der Waals surface area contributed by atoms with Crippen LogP contribution in [0.5, 0.6) is 5.75 Å². The molecule has 14 aromatic rings. The second-order valence-electron chi connectivity index (χ2n) is 21.8. The Balaban J connectivity index is 0.000000140. The van der Waals surface area contributed by atoms with Crippen molar-refractivity contribution in [2.45, 2.75) is 53.4 Å². The minimum atomic E-state index is 0.340. The molecule has 14 heteroatoms. The van der Waals surface area contributed by atoms with Crippen LogP contribution < -0.4 is 4.65 Å². The topological polar surface area (TPSA) is 158 Å². The summed E-state index contributed by atoms with van der Waals surface area (Å²) in [6.07, 6.45) is 0. The summed E-state index contributed by atoms with van der Waals surface area (Å²) in [5.74, 6) is 4.87. The van der Waals surface area contributed by atoms with Gasteiger partial charge in [0.05, 0.1) is 27.8 Å². The molecule has 0 saturated heterocycles. The van der Waals surface area contributed by atoms with Crippen molar-refractivity contribution in [1.29, 1.82) is 0 Å². The lowest BCUT2D eigenvalue weighted by molar-refractivity contribution is 0.454. The van der Waals surface area contributed by atoms with E-state index in [0.717, 1.165) is 111 Å². The molecule has 0 aliphatic rings. The Morgan fingerprint density at radius 3 is 1.14 bits per heavy atom. The molecule has 0 amide bonds. The van der Waals surface area contributed by atoms with E-state index in [4.69, 9.17) is 51.2 Å². The monoisotopic (exact) mass is 1170 g/mol. The average Bonchev–Trinajstić information content (AvgIpc) is 1.79. The van der Waals surface area contributed by atoms with Crippen LogP contribution in [0.3, 0.4) is 0 Å². The van der Waals surface area contributed by atoms with Gasteiger partial charge in [-0.25, -0.2) is 39.9 Å². The van der Waals surface area contributed by atoms with E-state index in [9.17, 15) is 0 Å². The van der Waals surface area contributed by atoms with Crippen molar-refractivity contribution in [3.05, 3.63) is 258 Å². The third-order valence-corrected chi connectivity index (χ3v) is 15.2. The lowest BCUT2D eigenvalue weighted by Gasteiger charge is -2.12. The van der Waals surface area contributed by atoms with Gasteiger partial charge in [0.1, 0.15) is 10.9 Å². The Morgan fingerprint density at radius 1 is 0.341 bits per heavy atom. The minimum Gasteiger partial charge on any atom is -0.537 e. The van der Waals surface area contributed by atoms with Gasteiger partial charge in [-0.1, -0.05) is 227 Å². The van der Waals surface area contributed by atoms with E-state index in [0.29, 0.717) is 65.4 Å². The van der Waals surface area contributed by atoms with Crippen LogP contribution in [0.1, 0.15) is 62.0 Å². The van der Waals surface area contributed by atoms with E-state index in [-0.39, 0.29) is 0 Å². The molecule has 0 bridgehead atoms. The largest absolute Gasteiger partial charge is 0.569 e. The van der Waals surface area contributed by atoms with E-state index in [2.05, 4.69) is 121 Å². The van der Waals surface area contributed by atoms with Gasteiger partial charge in [-0.3, -0.25) is 9.97 Å². The number of hydrogen-bond donors (Lipinski definition) is 1. The Labute approximate surface area is 516 Å². The van der Waals surface area contributed by atoms with Crippen LogP contribution in [0.15, 0.2) is 231 Å². The molecule has 14 rings (SSSR count). The lowest BCUT2D eigenvalue weighted by Crippen LogP contribution is -2.02. The van der Waals surface area contributed by atoms with Crippen LogP contribution >= 0.6 is 11.6 Å².